The predicted octanol–water partition coefficient (Wildman–Crippen LogP) is 6.90. The highest BCUT2D eigenvalue weighted by molar-refractivity contribution is 6.30. The van der Waals surface area contributed by atoms with E-state index in [1.165, 1.54) is 12.1 Å². The largest absolute Gasteiger partial charge is 0.482 e. The van der Waals surface area contributed by atoms with Gasteiger partial charge in [0.1, 0.15) is 11.6 Å². The number of hydrogen-bond donors (Lipinski definition) is 2. The molecule has 2 aliphatic rings. The van der Waals surface area contributed by atoms with Crippen molar-refractivity contribution in [1.29, 1.82) is 0 Å². The first-order chi connectivity index (χ1) is 21.3. The molecule has 0 spiro atoms. The Morgan fingerprint density at radius 2 is 1.80 bits per heavy atom. The molecule has 10 heteroatoms. The van der Waals surface area contributed by atoms with Gasteiger partial charge < -0.3 is 24.6 Å². The molecule has 2 aliphatic heterocycles. The predicted molar refractivity (Wildman–Crippen MR) is 169 cm³/mol. The third-order valence-electron chi connectivity index (χ3n) is 8.54. The molecule has 0 amide bonds. The van der Waals surface area contributed by atoms with Crippen LogP contribution < -0.4 is 10.1 Å². The van der Waals surface area contributed by atoms with Gasteiger partial charge in [0.15, 0.2) is 6.61 Å². The molecule has 3 aromatic carbocycles. The molecular weight excluding hydrogens is 606 g/mol. The fourth-order valence-electron chi connectivity index (χ4n) is 6.30. The Balaban J connectivity index is 1.47. The number of ether oxygens (including phenoxy) is 3. The third kappa shape index (κ3) is 8.50. The number of halogens is 3. The highest BCUT2D eigenvalue weighted by Gasteiger charge is 2.43. The molecular formula is C34H39Cl2FN2O5. The van der Waals surface area contributed by atoms with Gasteiger partial charge in [-0.1, -0.05) is 47.5 Å². The lowest BCUT2D eigenvalue weighted by atomic mass is 9.73. The smallest absolute Gasteiger partial charge is 0.341 e. The summed E-state index contributed by atoms with van der Waals surface area (Å²) in [6.07, 6.45) is 0.680. The van der Waals surface area contributed by atoms with Crippen LogP contribution in [-0.2, 0) is 14.3 Å². The number of benzene rings is 3. The summed E-state index contributed by atoms with van der Waals surface area (Å²) in [5.41, 5.74) is 2.43. The lowest BCUT2D eigenvalue weighted by Gasteiger charge is -2.45. The van der Waals surface area contributed by atoms with Gasteiger partial charge in [-0.15, -0.1) is 0 Å². The van der Waals surface area contributed by atoms with E-state index in [1.807, 2.05) is 30.3 Å². The molecule has 3 aromatic rings. The topological polar surface area (TPSA) is 80.3 Å². The van der Waals surface area contributed by atoms with Crippen molar-refractivity contribution in [3.05, 3.63) is 99.3 Å². The average molecular weight is 646 g/mol. The quantitative estimate of drug-likeness (QED) is 0.208. The normalized spacial score (nSPS) is 23.3. The molecule has 0 bridgehead atoms. The molecule has 0 unspecified atom stereocenters. The average Bonchev–Trinajstić information content (AvgIpc) is 3.02. The van der Waals surface area contributed by atoms with Gasteiger partial charge in [-0.05, 0) is 86.4 Å². The van der Waals surface area contributed by atoms with E-state index in [0.29, 0.717) is 27.8 Å². The number of hydrogen-bond acceptors (Lipinski definition) is 6. The fourth-order valence-corrected chi connectivity index (χ4v) is 6.61. The number of rotatable bonds is 12. The van der Waals surface area contributed by atoms with Crippen molar-refractivity contribution in [3.63, 3.8) is 0 Å². The zero-order chi connectivity index (χ0) is 31.1. The van der Waals surface area contributed by atoms with E-state index >= 15 is 0 Å². The van der Waals surface area contributed by atoms with Gasteiger partial charge in [0.2, 0.25) is 0 Å². The molecule has 7 nitrogen and oxygen atoms in total. The Hall–Kier alpha value is -2.72. The van der Waals surface area contributed by atoms with Crippen molar-refractivity contribution in [2.24, 2.45) is 5.92 Å². The first-order valence-corrected chi connectivity index (χ1v) is 15.9. The summed E-state index contributed by atoms with van der Waals surface area (Å²) in [5, 5.41) is 14.2. The molecule has 0 aromatic heterocycles. The van der Waals surface area contributed by atoms with Gasteiger partial charge in [0.05, 0.1) is 25.4 Å². The van der Waals surface area contributed by atoms with Crippen LogP contribution >= 0.6 is 23.2 Å². The number of carboxylic acids is 1. The van der Waals surface area contributed by atoms with E-state index in [1.54, 1.807) is 24.3 Å². The molecule has 0 radical (unpaired) electrons. The minimum atomic E-state index is -1.08. The van der Waals surface area contributed by atoms with Gasteiger partial charge >= 0.3 is 5.97 Å². The van der Waals surface area contributed by atoms with E-state index in [2.05, 4.69) is 17.1 Å². The van der Waals surface area contributed by atoms with Gasteiger partial charge in [-0.2, -0.15) is 0 Å². The molecule has 2 heterocycles. The van der Waals surface area contributed by atoms with E-state index in [-0.39, 0.29) is 23.7 Å². The standard InChI is InChI=1S/C34H39Cl2FN2O5/c1-22(38-12-3-13-39-14-16-42-17-15-39)28-20-29(23-6-8-25(35)9-7-23)33(24-4-2-5-27(37)18-24)44-34(28)30-19-26(36)10-11-31(30)43-21-32(40)41/h2,4-11,18-19,22,28-29,33-34,38H,3,12-17,20-21H2,1H3,(H,40,41)/t22-,28-,29-,33+,34+/m0/s1. The van der Waals surface area contributed by atoms with Crippen LogP contribution in [0.1, 0.15) is 54.6 Å². The van der Waals surface area contributed by atoms with Crippen LogP contribution in [0.2, 0.25) is 10.0 Å². The van der Waals surface area contributed by atoms with Crippen molar-refractivity contribution in [1.82, 2.24) is 10.2 Å². The third-order valence-corrected chi connectivity index (χ3v) is 9.03. The first kappa shape index (κ1) is 32.7. The number of nitrogens with one attached hydrogen (secondary N) is 1. The Labute approximate surface area is 268 Å². The van der Waals surface area contributed by atoms with Crippen LogP contribution in [0, 0.1) is 11.7 Å². The lowest BCUT2D eigenvalue weighted by molar-refractivity contribution is -0.139. The highest BCUT2D eigenvalue weighted by Crippen LogP contribution is 2.52. The van der Waals surface area contributed by atoms with Gasteiger partial charge in [0, 0.05) is 46.6 Å². The lowest BCUT2D eigenvalue weighted by Crippen LogP contribution is -2.43. The Morgan fingerprint density at radius 3 is 2.52 bits per heavy atom. The van der Waals surface area contributed by atoms with Crippen LogP contribution in [0.15, 0.2) is 66.7 Å². The van der Waals surface area contributed by atoms with Crippen LogP contribution in [0.25, 0.3) is 0 Å². The molecule has 2 saturated heterocycles. The molecule has 5 atom stereocenters. The van der Waals surface area contributed by atoms with Crippen LogP contribution in [0.4, 0.5) is 4.39 Å². The minimum absolute atomic E-state index is 0.0132. The van der Waals surface area contributed by atoms with E-state index in [4.69, 9.17) is 37.4 Å². The number of aliphatic carboxylic acids is 1. The molecule has 0 aliphatic carbocycles. The van der Waals surface area contributed by atoms with Crippen molar-refractivity contribution in [2.75, 3.05) is 46.0 Å². The summed E-state index contributed by atoms with van der Waals surface area (Å²) in [5.74, 6) is -1.19. The number of carbonyl (C=O) groups is 1. The molecule has 44 heavy (non-hydrogen) atoms. The summed E-state index contributed by atoms with van der Waals surface area (Å²) in [7, 11) is 0. The van der Waals surface area contributed by atoms with Crippen LogP contribution in [0.5, 0.6) is 5.75 Å². The Bertz CT molecular complexity index is 1390. The summed E-state index contributed by atoms with van der Waals surface area (Å²) in [6, 6.07) is 19.4. The van der Waals surface area contributed by atoms with Crippen molar-refractivity contribution >= 4 is 29.2 Å². The van der Waals surface area contributed by atoms with E-state index < -0.39 is 24.8 Å². The Kier molecular flexibility index (Phi) is 11.5. The van der Waals surface area contributed by atoms with Crippen LogP contribution in [-0.4, -0.2) is 68.0 Å². The molecule has 2 fully saturated rings. The molecule has 2 N–H and O–H groups in total. The summed E-state index contributed by atoms with van der Waals surface area (Å²) >= 11 is 12.7. The van der Waals surface area contributed by atoms with Gasteiger partial charge in [-0.3, -0.25) is 4.90 Å². The monoisotopic (exact) mass is 644 g/mol. The maximum absolute atomic E-state index is 14.5. The molecule has 5 rings (SSSR count). The zero-order valence-electron chi connectivity index (χ0n) is 24.8. The number of nitrogens with zero attached hydrogens (tertiary/aromatic N) is 1. The van der Waals surface area contributed by atoms with Crippen LogP contribution in [0.3, 0.4) is 0 Å². The van der Waals surface area contributed by atoms with Crippen molar-refractivity contribution < 1.29 is 28.5 Å². The second-order valence-electron chi connectivity index (χ2n) is 11.5. The highest BCUT2D eigenvalue weighted by atomic mass is 35.5. The summed E-state index contributed by atoms with van der Waals surface area (Å²) in [6.45, 7) is 6.91. The summed E-state index contributed by atoms with van der Waals surface area (Å²) < 4.78 is 32.8. The van der Waals surface area contributed by atoms with Crippen molar-refractivity contribution in [2.45, 2.75) is 43.9 Å². The van der Waals surface area contributed by atoms with Gasteiger partial charge in [0.25, 0.3) is 0 Å². The minimum Gasteiger partial charge on any atom is -0.482 e. The second kappa shape index (κ2) is 15.5. The number of carboxylic acid groups (broad SMARTS) is 1. The van der Waals surface area contributed by atoms with Crippen molar-refractivity contribution in [3.8, 4) is 5.75 Å². The number of morpholine rings is 1. The zero-order valence-corrected chi connectivity index (χ0v) is 26.3. The van der Waals surface area contributed by atoms with E-state index in [0.717, 1.165) is 56.9 Å². The molecule has 236 valence electrons. The van der Waals surface area contributed by atoms with E-state index in [9.17, 15) is 14.3 Å². The Morgan fingerprint density at radius 1 is 1.05 bits per heavy atom. The first-order valence-electron chi connectivity index (χ1n) is 15.1. The maximum Gasteiger partial charge on any atom is 0.341 e. The van der Waals surface area contributed by atoms with Gasteiger partial charge in [-0.25, -0.2) is 9.18 Å². The summed E-state index contributed by atoms with van der Waals surface area (Å²) in [4.78, 5) is 13.8. The second-order valence-corrected chi connectivity index (χ2v) is 12.4. The molecule has 0 saturated carbocycles. The fraction of sp³-hybridized carbons (Fsp3) is 0.441. The SMILES string of the molecule is C[C@H](NCCCN1CCOCC1)[C@@H]1C[C@@H](c2ccc(Cl)cc2)[C@@H](c2cccc(F)c2)O[C@H]1c1cc(Cl)ccc1OCC(=O)O. The maximum atomic E-state index is 14.5.